The third kappa shape index (κ3) is 3.05. The Bertz CT molecular complexity index is 930. The molecular formula is C21H23N3O2. The van der Waals surface area contributed by atoms with Crippen molar-refractivity contribution in [2.24, 2.45) is 0 Å². The number of methoxy groups -OCH3 is 1. The smallest absolute Gasteiger partial charge is 0.272 e. The SMILES string of the molecule is COc1ccc(CC2CCCN2C(=O)c2cnc3cc(C)ccn23)cc1. The summed E-state index contributed by atoms with van der Waals surface area (Å²) in [5.41, 5.74) is 3.82. The van der Waals surface area contributed by atoms with Gasteiger partial charge in [-0.25, -0.2) is 4.98 Å². The number of aryl methyl sites for hydroxylation is 1. The first kappa shape index (κ1) is 16.6. The Morgan fingerprint density at radius 3 is 2.85 bits per heavy atom. The standard InChI is InChI=1S/C21H23N3O2/c1-15-9-11-24-19(14-22-20(24)12-15)21(25)23-10-3-4-17(23)13-16-5-7-18(26-2)8-6-16/h5-9,11-12,14,17H,3-4,10,13H2,1-2H3. The van der Waals surface area contributed by atoms with Gasteiger partial charge in [-0.05, 0) is 61.6 Å². The molecule has 5 nitrogen and oxygen atoms in total. The van der Waals surface area contributed by atoms with Gasteiger partial charge in [0.1, 0.15) is 17.1 Å². The predicted octanol–water partition coefficient (Wildman–Crippen LogP) is 3.50. The Hall–Kier alpha value is -2.82. The molecule has 0 aliphatic carbocycles. The largest absolute Gasteiger partial charge is 0.497 e. The Morgan fingerprint density at radius 1 is 1.27 bits per heavy atom. The lowest BCUT2D eigenvalue weighted by atomic mass is 10.0. The summed E-state index contributed by atoms with van der Waals surface area (Å²) in [7, 11) is 1.67. The second-order valence-electron chi connectivity index (χ2n) is 6.92. The molecular weight excluding hydrogens is 326 g/mol. The molecule has 0 radical (unpaired) electrons. The summed E-state index contributed by atoms with van der Waals surface area (Å²) in [5.74, 6) is 0.923. The lowest BCUT2D eigenvalue weighted by molar-refractivity contribution is 0.0729. The van der Waals surface area contributed by atoms with Crippen LogP contribution in [0.2, 0.25) is 0 Å². The quantitative estimate of drug-likeness (QED) is 0.724. The van der Waals surface area contributed by atoms with E-state index in [1.807, 2.05) is 46.7 Å². The first-order valence-electron chi connectivity index (χ1n) is 9.03. The number of ether oxygens (including phenoxy) is 1. The fourth-order valence-electron chi connectivity index (χ4n) is 3.74. The minimum atomic E-state index is 0.0670. The van der Waals surface area contributed by atoms with E-state index in [-0.39, 0.29) is 11.9 Å². The van der Waals surface area contributed by atoms with Crippen LogP contribution < -0.4 is 4.74 Å². The van der Waals surface area contributed by atoms with Gasteiger partial charge in [0, 0.05) is 18.8 Å². The van der Waals surface area contributed by atoms with Crippen molar-refractivity contribution in [2.75, 3.05) is 13.7 Å². The molecule has 26 heavy (non-hydrogen) atoms. The molecule has 1 amide bonds. The van der Waals surface area contributed by atoms with E-state index in [1.54, 1.807) is 13.3 Å². The maximum atomic E-state index is 13.2. The van der Waals surface area contributed by atoms with Crippen LogP contribution in [0.4, 0.5) is 0 Å². The van der Waals surface area contributed by atoms with Gasteiger partial charge in [-0.3, -0.25) is 9.20 Å². The number of benzene rings is 1. The van der Waals surface area contributed by atoms with Crippen LogP contribution in [0.5, 0.6) is 5.75 Å². The molecule has 3 heterocycles. The first-order chi connectivity index (χ1) is 12.7. The van der Waals surface area contributed by atoms with Crippen molar-refractivity contribution in [1.82, 2.24) is 14.3 Å². The van der Waals surface area contributed by atoms with Crippen molar-refractivity contribution < 1.29 is 9.53 Å². The third-order valence-corrected chi connectivity index (χ3v) is 5.16. The number of carbonyl (C=O) groups excluding carboxylic acids is 1. The van der Waals surface area contributed by atoms with Gasteiger partial charge in [-0.2, -0.15) is 0 Å². The number of carbonyl (C=O) groups is 1. The van der Waals surface area contributed by atoms with Gasteiger partial charge in [0.05, 0.1) is 13.3 Å². The maximum Gasteiger partial charge on any atom is 0.272 e. The Kier molecular flexibility index (Phi) is 4.37. The summed E-state index contributed by atoms with van der Waals surface area (Å²) in [6.45, 7) is 2.83. The van der Waals surface area contributed by atoms with Gasteiger partial charge in [-0.1, -0.05) is 12.1 Å². The number of pyridine rings is 1. The van der Waals surface area contributed by atoms with Crippen LogP contribution in [0.15, 0.2) is 48.8 Å². The van der Waals surface area contributed by atoms with Crippen LogP contribution in [0.3, 0.4) is 0 Å². The number of fused-ring (bicyclic) bond motifs is 1. The molecule has 1 aliphatic heterocycles. The molecule has 1 unspecified atom stereocenters. The molecule has 0 spiro atoms. The van der Waals surface area contributed by atoms with E-state index >= 15 is 0 Å². The normalized spacial score (nSPS) is 17.0. The molecule has 134 valence electrons. The van der Waals surface area contributed by atoms with E-state index in [4.69, 9.17) is 4.74 Å². The topological polar surface area (TPSA) is 46.8 Å². The molecule has 1 aromatic carbocycles. The van der Waals surface area contributed by atoms with Gasteiger partial charge in [-0.15, -0.1) is 0 Å². The molecule has 0 saturated carbocycles. The molecule has 0 N–H and O–H groups in total. The lowest BCUT2D eigenvalue weighted by Gasteiger charge is -2.24. The van der Waals surface area contributed by atoms with Gasteiger partial charge in [0.2, 0.25) is 0 Å². The van der Waals surface area contributed by atoms with Gasteiger partial charge in [0.25, 0.3) is 5.91 Å². The van der Waals surface area contributed by atoms with E-state index in [9.17, 15) is 4.79 Å². The van der Waals surface area contributed by atoms with Crippen LogP contribution in [0.25, 0.3) is 5.65 Å². The number of hydrogen-bond donors (Lipinski definition) is 0. The zero-order chi connectivity index (χ0) is 18.1. The lowest BCUT2D eigenvalue weighted by Crippen LogP contribution is -2.37. The summed E-state index contributed by atoms with van der Waals surface area (Å²) in [4.78, 5) is 19.6. The molecule has 1 atom stereocenters. The number of aromatic nitrogens is 2. The number of nitrogens with zero attached hydrogens (tertiary/aromatic N) is 3. The van der Waals surface area contributed by atoms with Crippen LogP contribution >= 0.6 is 0 Å². The number of rotatable bonds is 4. The number of amides is 1. The Balaban J connectivity index is 1.55. The highest BCUT2D eigenvalue weighted by atomic mass is 16.5. The highest BCUT2D eigenvalue weighted by molar-refractivity contribution is 5.93. The second-order valence-corrected chi connectivity index (χ2v) is 6.92. The van der Waals surface area contributed by atoms with Crippen molar-refractivity contribution in [3.63, 3.8) is 0 Å². The highest BCUT2D eigenvalue weighted by Gasteiger charge is 2.31. The summed E-state index contributed by atoms with van der Waals surface area (Å²) < 4.78 is 7.11. The minimum Gasteiger partial charge on any atom is -0.497 e. The van der Waals surface area contributed by atoms with Crippen LogP contribution in [0.1, 0.15) is 34.5 Å². The molecule has 0 bridgehead atoms. The average Bonchev–Trinajstić information content (AvgIpc) is 3.28. The van der Waals surface area contributed by atoms with Crippen molar-refractivity contribution in [2.45, 2.75) is 32.2 Å². The molecule has 1 aliphatic rings. The summed E-state index contributed by atoms with van der Waals surface area (Å²) in [6, 6.07) is 12.3. The summed E-state index contributed by atoms with van der Waals surface area (Å²) in [6.07, 6.45) is 6.57. The first-order valence-corrected chi connectivity index (χ1v) is 9.03. The van der Waals surface area contributed by atoms with E-state index in [2.05, 4.69) is 17.1 Å². The molecule has 1 saturated heterocycles. The Morgan fingerprint density at radius 2 is 2.08 bits per heavy atom. The van der Waals surface area contributed by atoms with Crippen LogP contribution in [-0.2, 0) is 6.42 Å². The highest BCUT2D eigenvalue weighted by Crippen LogP contribution is 2.24. The van der Waals surface area contributed by atoms with E-state index in [1.165, 1.54) is 5.56 Å². The van der Waals surface area contributed by atoms with Crippen molar-refractivity contribution in [3.8, 4) is 5.75 Å². The van der Waals surface area contributed by atoms with Crippen LogP contribution in [0, 0.1) is 6.92 Å². The van der Waals surface area contributed by atoms with Gasteiger partial charge < -0.3 is 9.64 Å². The fourth-order valence-corrected chi connectivity index (χ4v) is 3.74. The molecule has 5 heteroatoms. The number of imidazole rings is 1. The fraction of sp³-hybridized carbons (Fsp3) is 0.333. The zero-order valence-corrected chi connectivity index (χ0v) is 15.2. The summed E-state index contributed by atoms with van der Waals surface area (Å²) in [5, 5.41) is 0. The van der Waals surface area contributed by atoms with E-state index in [0.717, 1.165) is 42.8 Å². The van der Waals surface area contributed by atoms with Crippen molar-refractivity contribution in [1.29, 1.82) is 0 Å². The van der Waals surface area contributed by atoms with Crippen molar-refractivity contribution >= 4 is 11.6 Å². The molecule has 3 aromatic rings. The second kappa shape index (κ2) is 6.83. The molecule has 2 aromatic heterocycles. The maximum absolute atomic E-state index is 13.2. The number of likely N-dealkylation sites (tertiary alicyclic amines) is 1. The average molecular weight is 349 g/mol. The molecule has 4 rings (SSSR count). The third-order valence-electron chi connectivity index (χ3n) is 5.16. The van der Waals surface area contributed by atoms with E-state index < -0.39 is 0 Å². The predicted molar refractivity (Wildman–Crippen MR) is 101 cm³/mol. The van der Waals surface area contributed by atoms with Crippen LogP contribution in [-0.4, -0.2) is 39.9 Å². The number of hydrogen-bond acceptors (Lipinski definition) is 3. The molecule has 1 fully saturated rings. The zero-order valence-electron chi connectivity index (χ0n) is 15.2. The Labute approximate surface area is 153 Å². The summed E-state index contributed by atoms with van der Waals surface area (Å²) >= 11 is 0. The van der Waals surface area contributed by atoms with Gasteiger partial charge >= 0.3 is 0 Å². The van der Waals surface area contributed by atoms with Gasteiger partial charge in [0.15, 0.2) is 0 Å². The monoisotopic (exact) mass is 349 g/mol. The van der Waals surface area contributed by atoms with E-state index in [0.29, 0.717) is 5.69 Å². The minimum absolute atomic E-state index is 0.0670. The van der Waals surface area contributed by atoms with Crippen molar-refractivity contribution in [3.05, 3.63) is 65.6 Å².